The first-order valence-electron chi connectivity index (χ1n) is 6.35. The van der Waals surface area contributed by atoms with Crippen LogP contribution in [0, 0.1) is 23.0 Å². The molecule has 1 aromatic heterocycles. The molecule has 0 aliphatic rings. The molecule has 0 saturated heterocycles. The van der Waals surface area contributed by atoms with Crippen molar-refractivity contribution in [1.82, 2.24) is 20.1 Å². The van der Waals surface area contributed by atoms with Crippen molar-refractivity contribution in [2.75, 3.05) is 0 Å². The zero-order valence-corrected chi connectivity index (χ0v) is 12.0. The van der Waals surface area contributed by atoms with Crippen LogP contribution in [-0.2, 0) is 6.54 Å². The molecule has 0 radical (unpaired) electrons. The van der Waals surface area contributed by atoms with Crippen LogP contribution in [0.3, 0.4) is 0 Å². The number of nitriles is 1. The summed E-state index contributed by atoms with van der Waals surface area (Å²) in [5.74, 6) is -1.66. The van der Waals surface area contributed by atoms with Crippen molar-refractivity contribution in [2.45, 2.75) is 32.9 Å². The zero-order chi connectivity index (χ0) is 15.6. The maximum Gasteiger partial charge on any atom is 0.252 e. The fourth-order valence-corrected chi connectivity index (χ4v) is 1.73. The van der Waals surface area contributed by atoms with Crippen LogP contribution < -0.4 is 5.32 Å². The predicted octanol–water partition coefficient (Wildman–Crippen LogP) is 2.31. The van der Waals surface area contributed by atoms with E-state index in [0.717, 1.165) is 11.0 Å². The maximum absolute atomic E-state index is 14.1. The summed E-state index contributed by atoms with van der Waals surface area (Å²) in [6, 6.07) is 4.19. The number of rotatable bonds is 3. The third-order valence-corrected chi connectivity index (χ3v) is 2.72. The first-order valence-corrected chi connectivity index (χ1v) is 6.35. The SMILES string of the molecule is CC(C)(C)NCc1cc(F)c(-n2cnc(C#N)n2)c(F)c1. The smallest absolute Gasteiger partial charge is 0.252 e. The van der Waals surface area contributed by atoms with Gasteiger partial charge in [0.05, 0.1) is 0 Å². The number of aromatic nitrogens is 3. The molecule has 0 fully saturated rings. The molecule has 1 N–H and O–H groups in total. The minimum Gasteiger partial charge on any atom is -0.308 e. The first kappa shape index (κ1) is 15.1. The number of nitrogens with zero attached hydrogens (tertiary/aromatic N) is 4. The second-order valence-corrected chi connectivity index (χ2v) is 5.64. The Morgan fingerprint density at radius 3 is 2.38 bits per heavy atom. The fourth-order valence-electron chi connectivity index (χ4n) is 1.73. The monoisotopic (exact) mass is 291 g/mol. The average molecular weight is 291 g/mol. The fraction of sp³-hybridized carbons (Fsp3) is 0.357. The van der Waals surface area contributed by atoms with Crippen LogP contribution in [0.4, 0.5) is 8.78 Å². The molecule has 7 heteroatoms. The molecule has 1 heterocycles. The predicted molar refractivity (Wildman–Crippen MR) is 72.6 cm³/mol. The molecule has 0 saturated carbocycles. The molecule has 0 unspecified atom stereocenters. The Morgan fingerprint density at radius 1 is 1.29 bits per heavy atom. The van der Waals surface area contributed by atoms with E-state index in [9.17, 15) is 8.78 Å². The van der Waals surface area contributed by atoms with Gasteiger partial charge < -0.3 is 5.32 Å². The van der Waals surface area contributed by atoms with E-state index in [4.69, 9.17) is 5.26 Å². The summed E-state index contributed by atoms with van der Waals surface area (Å²) in [5.41, 5.74) is -0.00743. The van der Waals surface area contributed by atoms with Gasteiger partial charge in [0.25, 0.3) is 5.82 Å². The van der Waals surface area contributed by atoms with E-state index < -0.39 is 11.6 Å². The van der Waals surface area contributed by atoms with E-state index >= 15 is 0 Å². The second kappa shape index (κ2) is 5.58. The van der Waals surface area contributed by atoms with Gasteiger partial charge in [-0.05, 0) is 38.5 Å². The molecule has 0 bridgehead atoms. The lowest BCUT2D eigenvalue weighted by atomic mass is 10.1. The van der Waals surface area contributed by atoms with Gasteiger partial charge in [0, 0.05) is 12.1 Å². The second-order valence-electron chi connectivity index (χ2n) is 5.64. The van der Waals surface area contributed by atoms with Crippen molar-refractivity contribution in [2.24, 2.45) is 0 Å². The van der Waals surface area contributed by atoms with Crippen LogP contribution in [0.5, 0.6) is 0 Å². The van der Waals surface area contributed by atoms with Gasteiger partial charge in [0.15, 0.2) is 11.6 Å². The van der Waals surface area contributed by atoms with Gasteiger partial charge in [-0.2, -0.15) is 5.26 Å². The normalized spacial score (nSPS) is 11.4. The van der Waals surface area contributed by atoms with Crippen molar-refractivity contribution in [1.29, 1.82) is 5.26 Å². The molecular weight excluding hydrogens is 276 g/mol. The van der Waals surface area contributed by atoms with E-state index in [-0.39, 0.29) is 17.1 Å². The van der Waals surface area contributed by atoms with Gasteiger partial charge in [-0.1, -0.05) is 0 Å². The van der Waals surface area contributed by atoms with E-state index in [0.29, 0.717) is 12.1 Å². The lowest BCUT2D eigenvalue weighted by molar-refractivity contribution is 0.422. The third kappa shape index (κ3) is 3.61. The van der Waals surface area contributed by atoms with Gasteiger partial charge in [-0.15, -0.1) is 5.10 Å². The Morgan fingerprint density at radius 2 is 1.90 bits per heavy atom. The van der Waals surface area contributed by atoms with Crippen molar-refractivity contribution >= 4 is 0 Å². The minimum atomic E-state index is -0.755. The molecule has 0 aliphatic carbocycles. The quantitative estimate of drug-likeness (QED) is 0.942. The largest absolute Gasteiger partial charge is 0.308 e. The van der Waals surface area contributed by atoms with Gasteiger partial charge in [0.2, 0.25) is 0 Å². The number of hydrogen-bond donors (Lipinski definition) is 1. The molecule has 1 aromatic carbocycles. The molecule has 2 aromatic rings. The summed E-state index contributed by atoms with van der Waals surface area (Å²) in [6.07, 6.45) is 1.10. The molecule has 0 amide bonds. The summed E-state index contributed by atoms with van der Waals surface area (Å²) in [4.78, 5) is 3.63. The highest BCUT2D eigenvalue weighted by Gasteiger charge is 2.16. The number of halogens is 2. The maximum atomic E-state index is 14.1. The molecule has 5 nitrogen and oxygen atoms in total. The highest BCUT2D eigenvalue weighted by Crippen LogP contribution is 2.19. The lowest BCUT2D eigenvalue weighted by Gasteiger charge is -2.20. The summed E-state index contributed by atoms with van der Waals surface area (Å²) in [5, 5.41) is 15.5. The van der Waals surface area contributed by atoms with Crippen molar-refractivity contribution in [3.63, 3.8) is 0 Å². The van der Waals surface area contributed by atoms with Gasteiger partial charge in [0.1, 0.15) is 18.1 Å². The topological polar surface area (TPSA) is 66.5 Å². The molecule has 21 heavy (non-hydrogen) atoms. The van der Waals surface area contributed by atoms with E-state index in [1.165, 1.54) is 12.1 Å². The third-order valence-electron chi connectivity index (χ3n) is 2.72. The minimum absolute atomic E-state index is 0.146. The Balaban J connectivity index is 2.31. The summed E-state index contributed by atoms with van der Waals surface area (Å²) in [6.45, 7) is 6.24. The highest BCUT2D eigenvalue weighted by molar-refractivity contribution is 5.37. The average Bonchev–Trinajstić information content (AvgIpc) is 2.83. The zero-order valence-electron chi connectivity index (χ0n) is 12.0. The molecule has 0 aliphatic heterocycles. The molecule has 0 spiro atoms. The van der Waals surface area contributed by atoms with Crippen LogP contribution in [-0.4, -0.2) is 20.3 Å². The van der Waals surface area contributed by atoms with Crippen LogP contribution in [0.2, 0.25) is 0 Å². The number of hydrogen-bond acceptors (Lipinski definition) is 4. The van der Waals surface area contributed by atoms with Crippen molar-refractivity contribution < 1.29 is 8.78 Å². The Hall–Kier alpha value is -2.33. The van der Waals surface area contributed by atoms with Gasteiger partial charge in [-0.3, -0.25) is 0 Å². The van der Waals surface area contributed by atoms with E-state index in [2.05, 4.69) is 15.4 Å². The van der Waals surface area contributed by atoms with Crippen molar-refractivity contribution in [3.8, 4) is 11.8 Å². The molecule has 0 atom stereocenters. The highest BCUT2D eigenvalue weighted by atomic mass is 19.1. The Labute approximate surface area is 121 Å². The van der Waals surface area contributed by atoms with Crippen LogP contribution in [0.1, 0.15) is 32.2 Å². The van der Waals surface area contributed by atoms with Gasteiger partial charge in [-0.25, -0.2) is 18.4 Å². The Kier molecular flexibility index (Phi) is 4.00. The lowest BCUT2D eigenvalue weighted by Crippen LogP contribution is -2.35. The van der Waals surface area contributed by atoms with Crippen LogP contribution in [0.25, 0.3) is 5.69 Å². The summed E-state index contributed by atoms with van der Waals surface area (Å²) < 4.78 is 29.1. The van der Waals surface area contributed by atoms with Crippen molar-refractivity contribution in [3.05, 3.63) is 41.5 Å². The number of nitrogens with one attached hydrogen (secondary N) is 1. The van der Waals surface area contributed by atoms with E-state index in [1.54, 1.807) is 6.07 Å². The van der Waals surface area contributed by atoms with Crippen LogP contribution >= 0.6 is 0 Å². The Bertz CT molecular complexity index is 671. The molecule has 110 valence electrons. The number of benzene rings is 1. The van der Waals surface area contributed by atoms with E-state index in [1.807, 2.05) is 20.8 Å². The van der Waals surface area contributed by atoms with Gasteiger partial charge >= 0.3 is 0 Å². The first-order chi connectivity index (χ1) is 9.80. The molecular formula is C14H15F2N5. The van der Waals surface area contributed by atoms with Crippen LogP contribution in [0.15, 0.2) is 18.5 Å². The summed E-state index contributed by atoms with van der Waals surface area (Å²) >= 11 is 0. The molecule has 2 rings (SSSR count). The standard InChI is InChI=1S/C14H15F2N5/c1-14(2,3)19-7-9-4-10(15)13(11(16)5-9)21-8-18-12(6-17)20-21/h4-5,8,19H,7H2,1-3H3. The summed E-state index contributed by atoms with van der Waals surface area (Å²) in [7, 11) is 0.